The summed E-state index contributed by atoms with van der Waals surface area (Å²) < 4.78 is 0. The van der Waals surface area contributed by atoms with Crippen molar-refractivity contribution in [3.8, 4) is 0 Å². The lowest BCUT2D eigenvalue weighted by atomic mass is 10.1. The third-order valence-corrected chi connectivity index (χ3v) is 2.57. The second kappa shape index (κ2) is 5.90. The maximum Gasteiger partial charge on any atom is 0.337 e. The lowest BCUT2D eigenvalue weighted by molar-refractivity contribution is 0.0698. The molecule has 0 heterocycles. The summed E-state index contributed by atoms with van der Waals surface area (Å²) in [4.78, 5) is 24.4. The minimum absolute atomic E-state index is 0.0182. The molecule has 0 bridgehead atoms. The number of hydrogen-bond donors (Lipinski definition) is 3. The molecule has 0 atom stereocenters. The van der Waals surface area contributed by atoms with Gasteiger partial charge in [-0.1, -0.05) is 0 Å². The maximum absolute atomic E-state index is 11.8. The number of rotatable bonds is 4. The first-order valence-corrected chi connectivity index (χ1v) is 5.68. The average molecular weight is 251 g/mol. The van der Waals surface area contributed by atoms with Crippen LogP contribution in [0.3, 0.4) is 0 Å². The Kier molecular flexibility index (Phi) is 4.53. The molecule has 18 heavy (non-hydrogen) atoms. The van der Waals surface area contributed by atoms with E-state index in [1.807, 2.05) is 13.8 Å². The lowest BCUT2D eigenvalue weighted by Crippen LogP contribution is -2.34. The van der Waals surface area contributed by atoms with Crippen molar-refractivity contribution in [2.75, 3.05) is 24.1 Å². The van der Waals surface area contributed by atoms with Gasteiger partial charge in [0.25, 0.3) is 0 Å². The molecule has 0 saturated heterocycles. The molecular weight excluding hydrogens is 234 g/mol. The van der Waals surface area contributed by atoms with E-state index in [0.29, 0.717) is 18.8 Å². The maximum atomic E-state index is 11.8. The highest BCUT2D eigenvalue weighted by Crippen LogP contribution is 2.19. The number of nitrogen functional groups attached to an aromatic ring is 1. The second-order valence-electron chi connectivity index (χ2n) is 3.71. The zero-order chi connectivity index (χ0) is 13.7. The normalized spacial score (nSPS) is 9.89. The fraction of sp³-hybridized carbons (Fsp3) is 0.333. The predicted molar refractivity (Wildman–Crippen MR) is 69.8 cm³/mol. The third kappa shape index (κ3) is 3.13. The largest absolute Gasteiger partial charge is 0.478 e. The first kappa shape index (κ1) is 13.8. The molecule has 0 unspecified atom stereocenters. The van der Waals surface area contributed by atoms with Crippen LogP contribution in [-0.2, 0) is 0 Å². The predicted octanol–water partition coefficient (Wildman–Crippen LogP) is 1.84. The third-order valence-electron chi connectivity index (χ3n) is 2.57. The van der Waals surface area contributed by atoms with Crippen LogP contribution in [0.25, 0.3) is 0 Å². The molecule has 0 aliphatic heterocycles. The van der Waals surface area contributed by atoms with Crippen LogP contribution in [0.5, 0.6) is 0 Å². The minimum Gasteiger partial charge on any atom is -0.478 e. The molecule has 2 amide bonds. The summed E-state index contributed by atoms with van der Waals surface area (Å²) in [6.07, 6.45) is 0. The van der Waals surface area contributed by atoms with Crippen molar-refractivity contribution in [3.63, 3.8) is 0 Å². The van der Waals surface area contributed by atoms with Gasteiger partial charge in [-0.2, -0.15) is 0 Å². The van der Waals surface area contributed by atoms with Crippen LogP contribution in [0.1, 0.15) is 24.2 Å². The number of nitrogens with two attached hydrogens (primary N) is 1. The first-order chi connectivity index (χ1) is 8.49. The SMILES string of the molecule is CCN(CC)C(=O)Nc1cc(N)ccc1C(=O)O. The number of carbonyl (C=O) groups excluding carboxylic acids is 1. The van der Waals surface area contributed by atoms with Crippen molar-refractivity contribution in [1.82, 2.24) is 4.90 Å². The van der Waals surface area contributed by atoms with Crippen molar-refractivity contribution in [2.24, 2.45) is 0 Å². The van der Waals surface area contributed by atoms with Gasteiger partial charge in [0.2, 0.25) is 0 Å². The zero-order valence-corrected chi connectivity index (χ0v) is 10.4. The van der Waals surface area contributed by atoms with Gasteiger partial charge >= 0.3 is 12.0 Å². The van der Waals surface area contributed by atoms with Gasteiger partial charge in [-0.3, -0.25) is 0 Å². The van der Waals surface area contributed by atoms with Gasteiger partial charge < -0.3 is 21.1 Å². The number of nitrogens with zero attached hydrogens (tertiary/aromatic N) is 1. The Bertz CT molecular complexity index is 456. The fourth-order valence-corrected chi connectivity index (χ4v) is 1.56. The van der Waals surface area contributed by atoms with E-state index in [0.717, 1.165) is 0 Å². The van der Waals surface area contributed by atoms with E-state index >= 15 is 0 Å². The van der Waals surface area contributed by atoms with Crippen LogP contribution in [0.15, 0.2) is 18.2 Å². The molecule has 0 saturated carbocycles. The monoisotopic (exact) mass is 251 g/mol. The van der Waals surface area contributed by atoms with Gasteiger partial charge in [0, 0.05) is 18.8 Å². The Morgan fingerprint density at radius 1 is 1.33 bits per heavy atom. The van der Waals surface area contributed by atoms with Crippen molar-refractivity contribution in [1.29, 1.82) is 0 Å². The summed E-state index contributed by atoms with van der Waals surface area (Å²) in [7, 11) is 0. The fourth-order valence-electron chi connectivity index (χ4n) is 1.56. The summed E-state index contributed by atoms with van der Waals surface area (Å²) in [6, 6.07) is 3.95. The first-order valence-electron chi connectivity index (χ1n) is 5.68. The Morgan fingerprint density at radius 3 is 2.44 bits per heavy atom. The number of aromatic carboxylic acids is 1. The number of amides is 2. The topological polar surface area (TPSA) is 95.7 Å². The molecule has 0 aliphatic carbocycles. The number of hydrogen-bond acceptors (Lipinski definition) is 3. The Balaban J connectivity index is 2.99. The number of carboxylic acid groups (broad SMARTS) is 1. The number of benzene rings is 1. The molecule has 0 aromatic heterocycles. The van der Waals surface area contributed by atoms with E-state index in [2.05, 4.69) is 5.32 Å². The molecule has 6 nitrogen and oxygen atoms in total. The van der Waals surface area contributed by atoms with Crippen LogP contribution in [0.4, 0.5) is 16.2 Å². The van der Waals surface area contributed by atoms with E-state index in [1.165, 1.54) is 18.2 Å². The highest BCUT2D eigenvalue weighted by Gasteiger charge is 2.15. The van der Waals surface area contributed by atoms with Gasteiger partial charge in [0.05, 0.1) is 11.3 Å². The number of nitrogens with one attached hydrogen (secondary N) is 1. The quantitative estimate of drug-likeness (QED) is 0.711. The molecule has 0 aliphatic rings. The summed E-state index contributed by atoms with van der Waals surface area (Å²) in [6.45, 7) is 4.79. The minimum atomic E-state index is -1.11. The van der Waals surface area contributed by atoms with Crippen molar-refractivity contribution < 1.29 is 14.7 Å². The van der Waals surface area contributed by atoms with E-state index in [9.17, 15) is 9.59 Å². The number of carbonyl (C=O) groups is 2. The smallest absolute Gasteiger partial charge is 0.337 e. The van der Waals surface area contributed by atoms with E-state index in [4.69, 9.17) is 10.8 Å². The van der Waals surface area contributed by atoms with Crippen LogP contribution in [0, 0.1) is 0 Å². The molecular formula is C12H17N3O3. The van der Waals surface area contributed by atoms with Gasteiger partial charge in [-0.05, 0) is 32.0 Å². The van der Waals surface area contributed by atoms with Crippen LogP contribution in [-0.4, -0.2) is 35.1 Å². The van der Waals surface area contributed by atoms with E-state index in [1.54, 1.807) is 4.90 Å². The van der Waals surface area contributed by atoms with Crippen LogP contribution >= 0.6 is 0 Å². The van der Waals surface area contributed by atoms with E-state index in [-0.39, 0.29) is 17.3 Å². The summed E-state index contributed by atoms with van der Waals surface area (Å²) in [5, 5.41) is 11.6. The molecule has 4 N–H and O–H groups in total. The van der Waals surface area contributed by atoms with Crippen LogP contribution < -0.4 is 11.1 Å². The van der Waals surface area contributed by atoms with Gasteiger partial charge in [-0.15, -0.1) is 0 Å². The summed E-state index contributed by atoms with van der Waals surface area (Å²) >= 11 is 0. The number of carboxylic acids is 1. The molecule has 1 aromatic rings. The van der Waals surface area contributed by atoms with Crippen molar-refractivity contribution in [2.45, 2.75) is 13.8 Å². The standard InChI is InChI=1S/C12H17N3O3/c1-3-15(4-2)12(18)14-10-7-8(13)5-6-9(10)11(16)17/h5-7H,3-4,13H2,1-2H3,(H,14,18)(H,16,17). The average Bonchev–Trinajstić information content (AvgIpc) is 2.30. The number of urea groups is 1. The Hall–Kier alpha value is -2.24. The second-order valence-corrected chi connectivity index (χ2v) is 3.71. The summed E-state index contributed by atoms with van der Waals surface area (Å²) in [5.41, 5.74) is 6.21. The highest BCUT2D eigenvalue weighted by atomic mass is 16.4. The van der Waals surface area contributed by atoms with Gasteiger partial charge in [-0.25, -0.2) is 9.59 Å². The Labute approximate surface area is 105 Å². The molecule has 1 aromatic carbocycles. The number of anilines is 2. The van der Waals surface area contributed by atoms with Crippen molar-refractivity contribution >= 4 is 23.4 Å². The van der Waals surface area contributed by atoms with Gasteiger partial charge in [0.1, 0.15) is 0 Å². The zero-order valence-electron chi connectivity index (χ0n) is 10.4. The molecule has 0 radical (unpaired) electrons. The highest BCUT2D eigenvalue weighted by molar-refractivity contribution is 6.00. The van der Waals surface area contributed by atoms with E-state index < -0.39 is 5.97 Å². The van der Waals surface area contributed by atoms with Crippen molar-refractivity contribution in [3.05, 3.63) is 23.8 Å². The van der Waals surface area contributed by atoms with Crippen LogP contribution in [0.2, 0.25) is 0 Å². The molecule has 6 heteroatoms. The molecule has 0 fully saturated rings. The molecule has 98 valence electrons. The molecule has 1 rings (SSSR count). The Morgan fingerprint density at radius 2 is 1.94 bits per heavy atom. The summed E-state index contributed by atoms with van der Waals surface area (Å²) in [5.74, 6) is -1.11. The van der Waals surface area contributed by atoms with Gasteiger partial charge in [0.15, 0.2) is 0 Å². The molecule has 0 spiro atoms. The lowest BCUT2D eigenvalue weighted by Gasteiger charge is -2.20.